The van der Waals surface area contributed by atoms with Gasteiger partial charge in [0.1, 0.15) is 22.9 Å². The zero-order valence-corrected chi connectivity index (χ0v) is 21.2. The number of methoxy groups -OCH3 is 1. The second kappa shape index (κ2) is 9.04. The third-order valence-electron chi connectivity index (χ3n) is 7.37. The van der Waals surface area contributed by atoms with Crippen LogP contribution in [-0.2, 0) is 11.3 Å². The minimum absolute atomic E-state index is 0.00897. The molecule has 0 aliphatic heterocycles. The second-order valence-electron chi connectivity index (χ2n) is 10.2. The van der Waals surface area contributed by atoms with Gasteiger partial charge in [-0.2, -0.15) is 0 Å². The van der Waals surface area contributed by atoms with Gasteiger partial charge in [-0.15, -0.1) is 0 Å². The fourth-order valence-electron chi connectivity index (χ4n) is 5.18. The Labute approximate surface area is 212 Å². The summed E-state index contributed by atoms with van der Waals surface area (Å²) in [5.41, 5.74) is 1.41. The van der Waals surface area contributed by atoms with Crippen LogP contribution in [0.1, 0.15) is 54.4 Å². The predicted octanol–water partition coefficient (Wildman–Crippen LogP) is 6.91. The maximum absolute atomic E-state index is 15.9. The Hall–Kier alpha value is -3.62. The number of rotatable bonds is 5. The standard InChI is InChI=1S/C28H28F3N3O3/c1-16-24(17(2)37-33-16)19-12-23-25(32-13-19)21(18-5-6-20(22(29)11-18)26(35)36-4)14-34(23)15-28(31)9-7-27(3,30)8-10-28/h5-6,11-14H,7-10,15H2,1-4H3. The zero-order chi connectivity index (χ0) is 26.5. The van der Waals surface area contributed by atoms with Crippen molar-refractivity contribution < 1.29 is 27.2 Å². The van der Waals surface area contributed by atoms with Crippen LogP contribution < -0.4 is 0 Å². The van der Waals surface area contributed by atoms with Crippen molar-refractivity contribution in [2.45, 2.75) is 64.3 Å². The predicted molar refractivity (Wildman–Crippen MR) is 133 cm³/mol. The van der Waals surface area contributed by atoms with E-state index in [-0.39, 0.29) is 37.8 Å². The molecule has 37 heavy (non-hydrogen) atoms. The largest absolute Gasteiger partial charge is 0.465 e. The number of alkyl halides is 2. The molecule has 1 saturated carbocycles. The topological polar surface area (TPSA) is 70.2 Å². The van der Waals surface area contributed by atoms with Crippen molar-refractivity contribution >= 4 is 17.0 Å². The van der Waals surface area contributed by atoms with E-state index in [0.29, 0.717) is 33.6 Å². The molecule has 5 rings (SSSR count). The van der Waals surface area contributed by atoms with Crippen LogP contribution in [-0.4, -0.2) is 39.1 Å². The third-order valence-corrected chi connectivity index (χ3v) is 7.37. The van der Waals surface area contributed by atoms with Gasteiger partial charge in [0.05, 0.1) is 35.9 Å². The maximum atomic E-state index is 15.9. The minimum atomic E-state index is -1.59. The van der Waals surface area contributed by atoms with E-state index in [1.54, 1.807) is 23.0 Å². The molecule has 0 bridgehead atoms. The van der Waals surface area contributed by atoms with Crippen LogP contribution in [0.5, 0.6) is 0 Å². The lowest BCUT2D eigenvalue weighted by Gasteiger charge is -2.36. The van der Waals surface area contributed by atoms with Crippen LogP contribution in [0.4, 0.5) is 13.2 Å². The molecule has 0 spiro atoms. The van der Waals surface area contributed by atoms with Gasteiger partial charge >= 0.3 is 5.97 Å². The van der Waals surface area contributed by atoms with E-state index < -0.39 is 23.1 Å². The number of fused-ring (bicyclic) bond motifs is 1. The van der Waals surface area contributed by atoms with E-state index >= 15 is 4.39 Å². The van der Waals surface area contributed by atoms with Crippen LogP contribution in [0, 0.1) is 19.7 Å². The molecule has 1 aliphatic rings. The minimum Gasteiger partial charge on any atom is -0.465 e. The lowest BCUT2D eigenvalue weighted by Crippen LogP contribution is -2.38. The van der Waals surface area contributed by atoms with Crippen molar-refractivity contribution in [2.24, 2.45) is 0 Å². The molecule has 0 saturated heterocycles. The highest BCUT2D eigenvalue weighted by atomic mass is 19.2. The Morgan fingerprint density at radius 3 is 2.49 bits per heavy atom. The van der Waals surface area contributed by atoms with Crippen molar-refractivity contribution in [3.8, 4) is 22.3 Å². The molecule has 1 aromatic carbocycles. The van der Waals surface area contributed by atoms with Gasteiger partial charge in [-0.05, 0) is 70.2 Å². The highest BCUT2D eigenvalue weighted by Gasteiger charge is 2.41. The number of carbonyl (C=O) groups excluding carboxylic acids is 1. The van der Waals surface area contributed by atoms with Crippen molar-refractivity contribution in [2.75, 3.05) is 7.11 Å². The monoisotopic (exact) mass is 511 g/mol. The van der Waals surface area contributed by atoms with E-state index in [2.05, 4.69) is 14.9 Å². The molecule has 4 aromatic rings. The number of carbonyl (C=O) groups is 1. The number of hydrogen-bond donors (Lipinski definition) is 0. The van der Waals surface area contributed by atoms with Gasteiger partial charge in [-0.3, -0.25) is 4.98 Å². The summed E-state index contributed by atoms with van der Waals surface area (Å²) in [6.07, 6.45) is 3.94. The number of nitrogens with zero attached hydrogens (tertiary/aromatic N) is 3. The van der Waals surface area contributed by atoms with Gasteiger partial charge in [-0.25, -0.2) is 18.0 Å². The second-order valence-corrected chi connectivity index (χ2v) is 10.2. The summed E-state index contributed by atoms with van der Waals surface area (Å²) in [7, 11) is 1.19. The molecule has 3 aromatic heterocycles. The lowest BCUT2D eigenvalue weighted by atomic mass is 9.79. The Kier molecular flexibility index (Phi) is 6.12. The highest BCUT2D eigenvalue weighted by Crippen LogP contribution is 2.42. The number of aryl methyl sites for hydroxylation is 2. The average Bonchev–Trinajstić information content (AvgIpc) is 3.39. The summed E-state index contributed by atoms with van der Waals surface area (Å²) in [5, 5.41) is 4.02. The summed E-state index contributed by atoms with van der Waals surface area (Å²) in [6, 6.07) is 6.11. The van der Waals surface area contributed by atoms with Crippen LogP contribution in [0.3, 0.4) is 0 Å². The van der Waals surface area contributed by atoms with Crippen LogP contribution in [0.15, 0.2) is 41.2 Å². The maximum Gasteiger partial charge on any atom is 0.340 e. The molecule has 1 aliphatic carbocycles. The summed E-state index contributed by atoms with van der Waals surface area (Å²) in [5.74, 6) is -0.867. The molecule has 0 atom stereocenters. The van der Waals surface area contributed by atoms with E-state index in [0.717, 1.165) is 11.1 Å². The summed E-state index contributed by atoms with van der Waals surface area (Å²) in [4.78, 5) is 16.5. The normalized spacial score (nSPS) is 21.9. The summed E-state index contributed by atoms with van der Waals surface area (Å²) >= 11 is 0. The van der Waals surface area contributed by atoms with Crippen molar-refractivity contribution in [3.05, 3.63) is 59.5 Å². The molecule has 3 heterocycles. The number of aromatic nitrogens is 3. The third kappa shape index (κ3) is 4.63. The van der Waals surface area contributed by atoms with Crippen molar-refractivity contribution in [3.63, 3.8) is 0 Å². The van der Waals surface area contributed by atoms with Crippen molar-refractivity contribution in [1.29, 1.82) is 0 Å². The first-order valence-corrected chi connectivity index (χ1v) is 12.2. The summed E-state index contributed by atoms with van der Waals surface area (Å²) in [6.45, 7) is 5.16. The van der Waals surface area contributed by atoms with Gasteiger partial charge in [0, 0.05) is 29.1 Å². The number of benzene rings is 1. The Bertz CT molecular complexity index is 1480. The first kappa shape index (κ1) is 25.0. The van der Waals surface area contributed by atoms with Crippen molar-refractivity contribution in [1.82, 2.24) is 14.7 Å². The molecule has 6 nitrogen and oxygen atoms in total. The van der Waals surface area contributed by atoms with Gasteiger partial charge in [0.2, 0.25) is 0 Å². The number of halogens is 3. The average molecular weight is 512 g/mol. The fourth-order valence-corrected chi connectivity index (χ4v) is 5.18. The van der Waals surface area contributed by atoms with Gasteiger partial charge < -0.3 is 13.8 Å². The van der Waals surface area contributed by atoms with Crippen LogP contribution >= 0.6 is 0 Å². The molecule has 0 amide bonds. The molecule has 194 valence electrons. The highest BCUT2D eigenvalue weighted by molar-refractivity contribution is 5.96. The van der Waals surface area contributed by atoms with E-state index in [1.807, 2.05) is 19.9 Å². The zero-order valence-electron chi connectivity index (χ0n) is 21.2. The van der Waals surface area contributed by atoms with E-state index in [9.17, 15) is 13.6 Å². The molecule has 0 N–H and O–H groups in total. The van der Waals surface area contributed by atoms with Gasteiger partial charge in [0.25, 0.3) is 0 Å². The van der Waals surface area contributed by atoms with Crippen LogP contribution in [0.25, 0.3) is 33.3 Å². The number of hydrogen-bond acceptors (Lipinski definition) is 5. The Balaban J connectivity index is 1.63. The SMILES string of the molecule is COC(=O)c1ccc(-c2cn(CC3(F)CCC(C)(F)CC3)c3cc(-c4c(C)noc4C)cnc23)cc1F. The fraction of sp³-hybridized carbons (Fsp3) is 0.393. The summed E-state index contributed by atoms with van der Waals surface area (Å²) < 4.78 is 56.9. The van der Waals surface area contributed by atoms with E-state index in [1.165, 1.54) is 26.2 Å². The van der Waals surface area contributed by atoms with Gasteiger partial charge in [-0.1, -0.05) is 11.2 Å². The molecule has 0 unspecified atom stereocenters. The Morgan fingerprint density at radius 1 is 1.14 bits per heavy atom. The molecular formula is C28H28F3N3O3. The van der Waals surface area contributed by atoms with Crippen LogP contribution in [0.2, 0.25) is 0 Å². The Morgan fingerprint density at radius 2 is 1.86 bits per heavy atom. The number of ether oxygens (including phenoxy) is 1. The quantitative estimate of drug-likeness (QED) is 0.272. The molecular weight excluding hydrogens is 483 g/mol. The molecule has 9 heteroatoms. The smallest absolute Gasteiger partial charge is 0.340 e. The lowest BCUT2D eigenvalue weighted by molar-refractivity contribution is 0.0132. The molecule has 1 fully saturated rings. The molecule has 0 radical (unpaired) electrons. The van der Waals surface area contributed by atoms with Gasteiger partial charge in [0.15, 0.2) is 0 Å². The van der Waals surface area contributed by atoms with E-state index in [4.69, 9.17) is 4.52 Å². The first-order valence-electron chi connectivity index (χ1n) is 12.2. The first-order chi connectivity index (χ1) is 17.5. The number of esters is 1. The number of pyridine rings is 1.